The van der Waals surface area contributed by atoms with Crippen molar-refractivity contribution in [3.63, 3.8) is 0 Å². The van der Waals surface area contributed by atoms with Gasteiger partial charge in [0.15, 0.2) is 0 Å². The number of benzene rings is 3. The van der Waals surface area contributed by atoms with E-state index in [2.05, 4.69) is 11.6 Å². The summed E-state index contributed by atoms with van der Waals surface area (Å²) >= 11 is 0. The first kappa shape index (κ1) is 27.4. The number of nitrogens with zero attached hydrogens (tertiary/aromatic N) is 2. The summed E-state index contributed by atoms with van der Waals surface area (Å²) in [5.74, 6) is -0.444. The fraction of sp³-hybridized carbons (Fsp3) is 0.147. The number of aromatic nitrogens is 1. The third-order valence-corrected chi connectivity index (χ3v) is 6.96. The molecule has 3 aromatic carbocycles. The molecule has 7 heteroatoms. The molecule has 4 aromatic rings. The predicted molar refractivity (Wildman–Crippen MR) is 156 cm³/mol. The van der Waals surface area contributed by atoms with E-state index >= 15 is 0 Å². The van der Waals surface area contributed by atoms with Crippen LogP contribution in [0.4, 0.5) is 0 Å². The van der Waals surface area contributed by atoms with Crippen LogP contribution in [0.5, 0.6) is 11.5 Å². The van der Waals surface area contributed by atoms with Crippen LogP contribution in [0.25, 0.3) is 5.76 Å². The number of carbonyl (C=O) groups is 2. The van der Waals surface area contributed by atoms with E-state index in [9.17, 15) is 14.7 Å². The SMILES string of the molecule is C=CCOc1ccc(C2C(=C(O)c3ccc(OCc4ccccc4C)cc3)C(=O)C(=O)N2Cc2cccnc2)cc1. The number of ketones is 1. The highest BCUT2D eigenvalue weighted by atomic mass is 16.5. The van der Waals surface area contributed by atoms with Crippen molar-refractivity contribution in [2.75, 3.05) is 6.61 Å². The second-order valence-electron chi connectivity index (χ2n) is 9.70. The summed E-state index contributed by atoms with van der Waals surface area (Å²) in [6.45, 7) is 6.60. The van der Waals surface area contributed by atoms with Gasteiger partial charge in [-0.2, -0.15) is 0 Å². The van der Waals surface area contributed by atoms with Gasteiger partial charge in [-0.15, -0.1) is 0 Å². The zero-order valence-electron chi connectivity index (χ0n) is 22.7. The highest BCUT2D eigenvalue weighted by molar-refractivity contribution is 6.46. The average Bonchev–Trinajstić information content (AvgIpc) is 3.25. The molecule has 41 heavy (non-hydrogen) atoms. The molecule has 5 rings (SSSR count). The summed E-state index contributed by atoms with van der Waals surface area (Å²) in [6.07, 6.45) is 4.94. The Kier molecular flexibility index (Phi) is 8.25. The number of hydrogen-bond donors (Lipinski definition) is 1. The summed E-state index contributed by atoms with van der Waals surface area (Å²) in [7, 11) is 0. The third kappa shape index (κ3) is 6.04. The van der Waals surface area contributed by atoms with E-state index in [0.717, 1.165) is 16.7 Å². The molecule has 1 N–H and O–H groups in total. The number of ether oxygens (including phenoxy) is 2. The monoisotopic (exact) mass is 546 g/mol. The Bertz CT molecular complexity index is 1580. The molecule has 1 saturated heterocycles. The normalized spacial score (nSPS) is 16.0. The standard InChI is InChI=1S/C34H30N2O5/c1-3-19-40-28-14-10-25(11-15-28)31-30(33(38)34(39)36(31)21-24-8-6-18-35-20-24)32(37)26-12-16-29(17-13-26)41-22-27-9-5-4-7-23(27)2/h3-18,20,31,37H,1,19,21-22H2,2H3. The molecule has 1 atom stereocenters. The molecule has 1 aliphatic heterocycles. The van der Waals surface area contributed by atoms with Gasteiger partial charge < -0.3 is 19.5 Å². The predicted octanol–water partition coefficient (Wildman–Crippen LogP) is 6.16. The lowest BCUT2D eigenvalue weighted by molar-refractivity contribution is -0.140. The molecule has 1 amide bonds. The van der Waals surface area contributed by atoms with Crippen molar-refractivity contribution in [3.8, 4) is 11.5 Å². The van der Waals surface area contributed by atoms with Crippen molar-refractivity contribution in [1.82, 2.24) is 9.88 Å². The number of Topliss-reactive ketones (excluding diaryl/α,β-unsaturated/α-hetero) is 1. The van der Waals surface area contributed by atoms with Crippen LogP contribution in [0.1, 0.15) is 33.9 Å². The van der Waals surface area contributed by atoms with Crippen molar-refractivity contribution in [2.45, 2.75) is 26.1 Å². The average molecular weight is 547 g/mol. The van der Waals surface area contributed by atoms with Crippen molar-refractivity contribution in [1.29, 1.82) is 0 Å². The summed E-state index contributed by atoms with van der Waals surface area (Å²) in [4.78, 5) is 32.3. The van der Waals surface area contributed by atoms with Gasteiger partial charge in [0.05, 0.1) is 11.6 Å². The quantitative estimate of drug-likeness (QED) is 0.111. The minimum absolute atomic E-state index is 0.0206. The molecule has 7 nitrogen and oxygen atoms in total. The Labute approximate surface area is 239 Å². The molecule has 1 aliphatic rings. The lowest BCUT2D eigenvalue weighted by atomic mass is 9.95. The first-order chi connectivity index (χ1) is 20.0. The van der Waals surface area contributed by atoms with E-state index in [0.29, 0.717) is 35.8 Å². The summed E-state index contributed by atoms with van der Waals surface area (Å²) < 4.78 is 11.5. The number of pyridine rings is 1. The topological polar surface area (TPSA) is 89.0 Å². The van der Waals surface area contributed by atoms with Crippen LogP contribution < -0.4 is 9.47 Å². The van der Waals surface area contributed by atoms with E-state index in [1.165, 1.54) is 4.90 Å². The van der Waals surface area contributed by atoms with Gasteiger partial charge in [0, 0.05) is 24.5 Å². The summed E-state index contributed by atoms with van der Waals surface area (Å²) in [6, 6.07) is 24.8. The maximum atomic E-state index is 13.4. The number of likely N-dealkylation sites (tertiary alicyclic amines) is 1. The van der Waals surface area contributed by atoms with Crippen molar-refractivity contribution in [2.24, 2.45) is 0 Å². The molecule has 0 bridgehead atoms. The van der Waals surface area contributed by atoms with Crippen LogP contribution in [-0.4, -0.2) is 33.3 Å². The minimum atomic E-state index is -0.805. The van der Waals surface area contributed by atoms with Crippen LogP contribution in [0.2, 0.25) is 0 Å². The molecule has 0 saturated carbocycles. The number of hydrogen-bond acceptors (Lipinski definition) is 6. The molecule has 1 aromatic heterocycles. The minimum Gasteiger partial charge on any atom is -0.507 e. The molecule has 1 fully saturated rings. The van der Waals surface area contributed by atoms with E-state index in [1.807, 2.05) is 37.3 Å². The van der Waals surface area contributed by atoms with Crippen LogP contribution in [0.15, 0.2) is 116 Å². The van der Waals surface area contributed by atoms with Crippen LogP contribution >= 0.6 is 0 Å². The molecule has 0 spiro atoms. The van der Waals surface area contributed by atoms with E-state index < -0.39 is 17.7 Å². The molecule has 2 heterocycles. The Balaban J connectivity index is 1.47. The highest BCUT2D eigenvalue weighted by Crippen LogP contribution is 2.40. The number of aliphatic hydroxyl groups is 1. The number of rotatable bonds is 10. The maximum Gasteiger partial charge on any atom is 0.295 e. The second-order valence-corrected chi connectivity index (χ2v) is 9.70. The van der Waals surface area contributed by atoms with Gasteiger partial charge in [0.1, 0.15) is 30.5 Å². The molecular formula is C34H30N2O5. The Morgan fingerprint density at radius 2 is 1.66 bits per heavy atom. The first-order valence-corrected chi connectivity index (χ1v) is 13.2. The van der Waals surface area contributed by atoms with Gasteiger partial charge in [0.2, 0.25) is 0 Å². The van der Waals surface area contributed by atoms with Gasteiger partial charge in [-0.05, 0) is 71.6 Å². The van der Waals surface area contributed by atoms with Crippen molar-refractivity contribution >= 4 is 17.4 Å². The second kappa shape index (κ2) is 12.3. The Morgan fingerprint density at radius 1 is 0.951 bits per heavy atom. The molecule has 0 radical (unpaired) electrons. The van der Waals surface area contributed by atoms with Crippen molar-refractivity contribution < 1.29 is 24.2 Å². The number of aliphatic hydroxyl groups excluding tert-OH is 1. The van der Waals surface area contributed by atoms with E-state index in [-0.39, 0.29) is 17.9 Å². The molecular weight excluding hydrogens is 516 g/mol. The lowest BCUT2D eigenvalue weighted by Crippen LogP contribution is -2.29. The van der Waals surface area contributed by atoms with Crippen LogP contribution in [-0.2, 0) is 22.7 Å². The highest BCUT2D eigenvalue weighted by Gasteiger charge is 2.46. The number of amides is 1. The Hall–Kier alpha value is -5.17. The zero-order valence-corrected chi connectivity index (χ0v) is 22.7. The van der Waals surface area contributed by atoms with Crippen molar-refractivity contribution in [3.05, 3.63) is 143 Å². The van der Waals surface area contributed by atoms with E-state index in [4.69, 9.17) is 9.47 Å². The number of aryl methyl sites for hydroxylation is 1. The fourth-order valence-electron chi connectivity index (χ4n) is 4.78. The smallest absolute Gasteiger partial charge is 0.295 e. The maximum absolute atomic E-state index is 13.4. The lowest BCUT2D eigenvalue weighted by Gasteiger charge is -2.25. The van der Waals surface area contributed by atoms with Crippen LogP contribution in [0.3, 0.4) is 0 Å². The van der Waals surface area contributed by atoms with Gasteiger partial charge in [0.25, 0.3) is 11.7 Å². The van der Waals surface area contributed by atoms with Gasteiger partial charge in [-0.3, -0.25) is 14.6 Å². The van der Waals surface area contributed by atoms with Gasteiger partial charge >= 0.3 is 0 Å². The first-order valence-electron chi connectivity index (χ1n) is 13.2. The largest absolute Gasteiger partial charge is 0.507 e. The third-order valence-electron chi connectivity index (χ3n) is 6.96. The summed E-state index contributed by atoms with van der Waals surface area (Å²) in [5.41, 5.74) is 4.07. The molecule has 0 aliphatic carbocycles. The zero-order chi connectivity index (χ0) is 28.8. The Morgan fingerprint density at radius 3 is 2.34 bits per heavy atom. The van der Waals surface area contributed by atoms with Gasteiger partial charge in [-0.25, -0.2) is 0 Å². The summed E-state index contributed by atoms with van der Waals surface area (Å²) in [5, 5.41) is 11.4. The van der Waals surface area contributed by atoms with Gasteiger partial charge in [-0.1, -0.05) is 55.1 Å². The number of carbonyl (C=O) groups excluding carboxylic acids is 2. The molecule has 206 valence electrons. The van der Waals surface area contributed by atoms with E-state index in [1.54, 1.807) is 73.1 Å². The molecule has 1 unspecified atom stereocenters. The van der Waals surface area contributed by atoms with Crippen LogP contribution in [0, 0.1) is 6.92 Å². The fourth-order valence-corrected chi connectivity index (χ4v) is 4.78.